The molecule has 4 rings (SSSR count). The van der Waals surface area contributed by atoms with Crippen molar-refractivity contribution in [3.05, 3.63) is 114 Å². The highest BCUT2D eigenvalue weighted by Crippen LogP contribution is 2.42. The number of allylic oxidation sites excluding steroid dienone is 2. The molecule has 2 unspecified atom stereocenters. The zero-order valence-electron chi connectivity index (χ0n) is 16.1. The Kier molecular flexibility index (Phi) is 5.41. The fourth-order valence-electron chi connectivity index (χ4n) is 3.66. The summed E-state index contributed by atoms with van der Waals surface area (Å²) < 4.78 is 11.5. The summed E-state index contributed by atoms with van der Waals surface area (Å²) in [4.78, 5) is 0. The molecule has 0 heterocycles. The van der Waals surface area contributed by atoms with Gasteiger partial charge in [-0.15, -0.1) is 0 Å². The molecule has 2 atom stereocenters. The van der Waals surface area contributed by atoms with Crippen LogP contribution in [0.3, 0.4) is 0 Å². The van der Waals surface area contributed by atoms with Gasteiger partial charge in [0.05, 0.1) is 13.2 Å². The molecule has 2 heteroatoms. The molecule has 28 heavy (non-hydrogen) atoms. The first-order valence-corrected chi connectivity index (χ1v) is 9.35. The summed E-state index contributed by atoms with van der Waals surface area (Å²) in [6.45, 7) is 0. The summed E-state index contributed by atoms with van der Waals surface area (Å²) in [5.74, 6) is 0.690. The fraction of sp³-hybridized carbons (Fsp3) is 0.154. The molecule has 3 aromatic rings. The lowest BCUT2D eigenvalue weighted by Gasteiger charge is -2.29. The van der Waals surface area contributed by atoms with Gasteiger partial charge in [-0.05, 0) is 46.6 Å². The van der Waals surface area contributed by atoms with Gasteiger partial charge in [0, 0.05) is 18.6 Å². The molecule has 3 aromatic carbocycles. The number of rotatable bonds is 5. The summed E-state index contributed by atoms with van der Waals surface area (Å²) in [7, 11) is 3.42. The van der Waals surface area contributed by atoms with Crippen molar-refractivity contribution in [2.45, 2.75) is 12.0 Å². The van der Waals surface area contributed by atoms with Crippen LogP contribution in [-0.4, -0.2) is 20.3 Å². The Morgan fingerprint density at radius 2 is 1.46 bits per heavy atom. The molecular formula is C26H22O2. The quantitative estimate of drug-likeness (QED) is 0.587. The van der Waals surface area contributed by atoms with Gasteiger partial charge in [0.1, 0.15) is 5.75 Å². The highest BCUT2D eigenvalue weighted by molar-refractivity contribution is 6.05. The smallest absolute Gasteiger partial charge is 0.123 e. The molecular weight excluding hydrogens is 344 g/mol. The van der Waals surface area contributed by atoms with E-state index in [-0.39, 0.29) is 12.0 Å². The van der Waals surface area contributed by atoms with E-state index in [4.69, 9.17) is 9.47 Å². The van der Waals surface area contributed by atoms with Gasteiger partial charge in [0.15, 0.2) is 0 Å². The third-order valence-electron chi connectivity index (χ3n) is 5.03. The Morgan fingerprint density at radius 3 is 2.11 bits per heavy atom. The summed E-state index contributed by atoms with van der Waals surface area (Å²) in [5, 5.41) is 0. The Bertz CT molecular complexity index is 987. The topological polar surface area (TPSA) is 18.5 Å². The lowest BCUT2D eigenvalue weighted by Crippen LogP contribution is -2.22. The average molecular weight is 366 g/mol. The van der Waals surface area contributed by atoms with Gasteiger partial charge in [0.2, 0.25) is 0 Å². The molecule has 0 saturated carbocycles. The number of methoxy groups -OCH3 is 2. The van der Waals surface area contributed by atoms with Crippen molar-refractivity contribution in [1.82, 2.24) is 0 Å². The van der Waals surface area contributed by atoms with Gasteiger partial charge in [-0.1, -0.05) is 72.8 Å². The van der Waals surface area contributed by atoms with Crippen LogP contribution in [-0.2, 0) is 4.74 Å². The zero-order chi connectivity index (χ0) is 19.3. The van der Waals surface area contributed by atoms with E-state index in [1.54, 1.807) is 14.2 Å². The van der Waals surface area contributed by atoms with Gasteiger partial charge >= 0.3 is 0 Å². The van der Waals surface area contributed by atoms with E-state index in [0.717, 1.165) is 33.6 Å². The van der Waals surface area contributed by atoms with Crippen LogP contribution in [0.15, 0.2) is 84.9 Å². The Labute approximate surface area is 166 Å². The first-order valence-electron chi connectivity index (χ1n) is 9.35. The summed E-state index contributed by atoms with van der Waals surface area (Å²) in [6, 6.07) is 29.9. The van der Waals surface area contributed by atoms with Crippen molar-refractivity contribution >= 4 is 11.1 Å². The molecule has 0 aliphatic heterocycles. The van der Waals surface area contributed by atoms with Crippen LogP contribution in [0.25, 0.3) is 11.1 Å². The van der Waals surface area contributed by atoms with Crippen molar-refractivity contribution in [2.75, 3.05) is 14.2 Å². The highest BCUT2D eigenvalue weighted by Gasteiger charge is 2.30. The lowest BCUT2D eigenvalue weighted by molar-refractivity contribution is 0.126. The van der Waals surface area contributed by atoms with Crippen LogP contribution in [0, 0.1) is 12.1 Å². The zero-order valence-corrected chi connectivity index (χ0v) is 16.1. The van der Waals surface area contributed by atoms with E-state index >= 15 is 0 Å². The van der Waals surface area contributed by atoms with Gasteiger partial charge < -0.3 is 9.47 Å². The van der Waals surface area contributed by atoms with Crippen molar-refractivity contribution in [3.63, 3.8) is 0 Å². The fourth-order valence-corrected chi connectivity index (χ4v) is 3.66. The molecule has 1 aliphatic rings. The Hall–Kier alpha value is -3.10. The number of ether oxygens (including phenoxy) is 2. The molecule has 1 aliphatic carbocycles. The van der Waals surface area contributed by atoms with Crippen LogP contribution in [0.2, 0.25) is 0 Å². The largest absolute Gasteiger partial charge is 0.496 e. The third-order valence-corrected chi connectivity index (χ3v) is 5.03. The maximum absolute atomic E-state index is 5.87. The molecule has 0 N–H and O–H groups in total. The summed E-state index contributed by atoms with van der Waals surface area (Å²) in [6.07, 6.45) is 5.76. The van der Waals surface area contributed by atoms with E-state index in [1.165, 1.54) is 0 Å². The molecule has 0 saturated heterocycles. The predicted molar refractivity (Wildman–Crippen MR) is 113 cm³/mol. The average Bonchev–Trinajstić information content (AvgIpc) is 2.79. The van der Waals surface area contributed by atoms with E-state index in [0.29, 0.717) is 0 Å². The maximum atomic E-state index is 5.87. The monoisotopic (exact) mass is 366 g/mol. The van der Waals surface area contributed by atoms with Gasteiger partial charge in [0.25, 0.3) is 0 Å². The van der Waals surface area contributed by atoms with Crippen LogP contribution < -0.4 is 4.74 Å². The van der Waals surface area contributed by atoms with Crippen molar-refractivity contribution in [3.8, 4) is 5.75 Å². The molecule has 2 nitrogen and oxygen atoms in total. The SMILES string of the molecule is COc1ccc[c]c1C1[C]=C(c2ccccc2)C(c2ccccc2)=CC1OC. The summed E-state index contributed by atoms with van der Waals surface area (Å²) >= 11 is 0. The minimum atomic E-state index is -0.157. The minimum absolute atomic E-state index is 0.108. The number of hydrogen-bond donors (Lipinski definition) is 0. The van der Waals surface area contributed by atoms with Gasteiger partial charge in [-0.3, -0.25) is 0 Å². The van der Waals surface area contributed by atoms with E-state index in [9.17, 15) is 0 Å². The normalized spacial score (nSPS) is 18.9. The van der Waals surface area contributed by atoms with E-state index in [2.05, 4.69) is 66.7 Å². The second-order valence-corrected chi connectivity index (χ2v) is 6.66. The van der Waals surface area contributed by atoms with E-state index < -0.39 is 0 Å². The van der Waals surface area contributed by atoms with Crippen LogP contribution in [0.4, 0.5) is 0 Å². The predicted octanol–water partition coefficient (Wildman–Crippen LogP) is 5.58. The van der Waals surface area contributed by atoms with Crippen molar-refractivity contribution in [2.24, 2.45) is 0 Å². The van der Waals surface area contributed by atoms with Gasteiger partial charge in [-0.25, -0.2) is 0 Å². The van der Waals surface area contributed by atoms with Crippen LogP contribution >= 0.6 is 0 Å². The second kappa shape index (κ2) is 8.28. The standard InChI is InChI=1S/C26H22O2/c1-27-25-16-10-9-15-21(25)24-17-22(19-11-5-3-6-12-19)23(18-26(24)28-2)20-13-7-4-8-14-20/h3-14,16,18,24,26H,1-2H3. The molecule has 0 amide bonds. The Morgan fingerprint density at radius 1 is 0.786 bits per heavy atom. The molecule has 138 valence electrons. The van der Waals surface area contributed by atoms with Crippen molar-refractivity contribution < 1.29 is 9.47 Å². The van der Waals surface area contributed by atoms with Crippen molar-refractivity contribution in [1.29, 1.82) is 0 Å². The molecule has 0 fully saturated rings. The first kappa shape index (κ1) is 18.3. The van der Waals surface area contributed by atoms with E-state index in [1.807, 2.05) is 30.3 Å². The molecule has 0 aromatic heterocycles. The minimum Gasteiger partial charge on any atom is -0.496 e. The highest BCUT2D eigenvalue weighted by atomic mass is 16.5. The third kappa shape index (κ3) is 3.51. The number of hydrogen-bond acceptors (Lipinski definition) is 2. The van der Waals surface area contributed by atoms with Crippen LogP contribution in [0.5, 0.6) is 5.75 Å². The first-order chi connectivity index (χ1) is 13.8. The van der Waals surface area contributed by atoms with Gasteiger partial charge in [-0.2, -0.15) is 0 Å². The van der Waals surface area contributed by atoms with Crippen LogP contribution in [0.1, 0.15) is 22.6 Å². The molecule has 0 bridgehead atoms. The lowest BCUT2D eigenvalue weighted by atomic mass is 9.79. The Balaban J connectivity index is 1.88. The molecule has 0 spiro atoms. The maximum Gasteiger partial charge on any atom is 0.123 e. The summed E-state index contributed by atoms with van der Waals surface area (Å²) in [5.41, 5.74) is 5.44. The second-order valence-electron chi connectivity index (χ2n) is 6.66. The number of benzene rings is 3. The molecule has 2 radical (unpaired) electrons.